The molecule has 7 nitrogen and oxygen atoms in total. The van der Waals surface area contributed by atoms with Crippen LogP contribution in [0.2, 0.25) is 0 Å². The number of halogens is 1. The number of aromatic nitrogens is 2. The number of hydrogen-bond donors (Lipinski definition) is 2. The molecule has 0 aliphatic rings. The molecule has 0 bridgehead atoms. The summed E-state index contributed by atoms with van der Waals surface area (Å²) < 4.78 is 23.5. The zero-order valence-electron chi connectivity index (χ0n) is 13.1. The Balaban J connectivity index is 1.51. The number of hydrogen-bond acceptors (Lipinski definition) is 6. The molecule has 0 aliphatic heterocycles. The summed E-state index contributed by atoms with van der Waals surface area (Å²) in [5.74, 6) is 1.05. The van der Waals surface area contributed by atoms with E-state index in [0.717, 1.165) is 0 Å². The summed E-state index contributed by atoms with van der Waals surface area (Å²) in [6.07, 6.45) is 3.04. The van der Waals surface area contributed by atoms with Crippen molar-refractivity contribution in [2.75, 3.05) is 11.9 Å². The third-order valence-electron chi connectivity index (χ3n) is 3.11. The van der Waals surface area contributed by atoms with Crippen molar-refractivity contribution in [3.63, 3.8) is 0 Å². The summed E-state index contributed by atoms with van der Waals surface area (Å²) in [6, 6.07) is 10.6. The maximum atomic E-state index is 12.9. The Bertz CT molecular complexity index is 822. The highest BCUT2D eigenvalue weighted by atomic mass is 19.1. The zero-order chi connectivity index (χ0) is 17.5. The van der Waals surface area contributed by atoms with Gasteiger partial charge in [0.25, 0.3) is 0 Å². The predicted molar refractivity (Wildman–Crippen MR) is 87.6 cm³/mol. The third kappa shape index (κ3) is 5.03. The van der Waals surface area contributed by atoms with Crippen LogP contribution in [0.4, 0.5) is 10.3 Å². The van der Waals surface area contributed by atoms with E-state index in [0.29, 0.717) is 18.1 Å². The van der Waals surface area contributed by atoms with Crippen molar-refractivity contribution in [2.45, 2.75) is 6.54 Å². The maximum Gasteiger partial charge on any atom is 0.239 e. The Morgan fingerprint density at radius 3 is 2.80 bits per heavy atom. The minimum absolute atomic E-state index is 0.000704. The number of nitrogens with one attached hydrogen (secondary N) is 2. The molecule has 0 atom stereocenters. The van der Waals surface area contributed by atoms with Crippen LogP contribution in [0.5, 0.6) is 11.6 Å². The number of rotatable bonds is 7. The van der Waals surface area contributed by atoms with Crippen LogP contribution >= 0.6 is 0 Å². The molecule has 1 aromatic carbocycles. The Morgan fingerprint density at radius 1 is 1.20 bits per heavy atom. The van der Waals surface area contributed by atoms with Crippen LogP contribution in [0.3, 0.4) is 0 Å². The lowest BCUT2D eigenvalue weighted by atomic mass is 10.3. The van der Waals surface area contributed by atoms with Crippen LogP contribution in [0.25, 0.3) is 0 Å². The first-order valence-corrected chi connectivity index (χ1v) is 7.48. The fraction of sp³-hybridized carbons (Fsp3) is 0.118. The molecule has 0 unspecified atom stereocenters. The lowest BCUT2D eigenvalue weighted by Gasteiger charge is -2.08. The van der Waals surface area contributed by atoms with E-state index in [-0.39, 0.29) is 30.1 Å². The van der Waals surface area contributed by atoms with E-state index in [1.54, 1.807) is 24.5 Å². The number of carbonyl (C=O) groups excluding carboxylic acids is 1. The van der Waals surface area contributed by atoms with Gasteiger partial charge < -0.3 is 19.8 Å². The zero-order valence-corrected chi connectivity index (χ0v) is 13.1. The van der Waals surface area contributed by atoms with Crippen molar-refractivity contribution in [2.24, 2.45) is 0 Å². The van der Waals surface area contributed by atoms with E-state index in [1.807, 2.05) is 0 Å². The second kappa shape index (κ2) is 7.91. The second-order valence-corrected chi connectivity index (χ2v) is 4.98. The number of ether oxygens (including phenoxy) is 1. The molecule has 3 aromatic rings. The lowest BCUT2D eigenvalue weighted by Crippen LogP contribution is -2.29. The number of nitrogens with zero attached hydrogens (tertiary/aromatic N) is 2. The van der Waals surface area contributed by atoms with Crippen LogP contribution in [0, 0.1) is 5.82 Å². The summed E-state index contributed by atoms with van der Waals surface area (Å²) in [5.41, 5.74) is 0. The topological polar surface area (TPSA) is 89.3 Å². The minimum atomic E-state index is -0.349. The van der Waals surface area contributed by atoms with Gasteiger partial charge >= 0.3 is 0 Å². The SMILES string of the molecule is O=C(CNc1nccc(Oc2ccc(F)cc2)n1)NCc1ccco1. The van der Waals surface area contributed by atoms with Crippen molar-refractivity contribution in [1.29, 1.82) is 0 Å². The summed E-state index contributed by atoms with van der Waals surface area (Å²) in [5, 5.41) is 5.50. The van der Waals surface area contributed by atoms with Gasteiger partial charge in [0, 0.05) is 12.3 Å². The first-order valence-electron chi connectivity index (χ1n) is 7.48. The van der Waals surface area contributed by atoms with E-state index in [9.17, 15) is 9.18 Å². The second-order valence-electron chi connectivity index (χ2n) is 4.98. The molecule has 0 aliphatic carbocycles. The van der Waals surface area contributed by atoms with Gasteiger partial charge in [-0.2, -0.15) is 4.98 Å². The Hall–Kier alpha value is -3.42. The largest absolute Gasteiger partial charge is 0.467 e. The fourth-order valence-corrected chi connectivity index (χ4v) is 1.93. The Labute approximate surface area is 142 Å². The molecule has 0 spiro atoms. The number of amides is 1. The van der Waals surface area contributed by atoms with Crippen molar-refractivity contribution >= 4 is 11.9 Å². The first-order chi connectivity index (χ1) is 12.2. The fourth-order valence-electron chi connectivity index (χ4n) is 1.93. The highest BCUT2D eigenvalue weighted by Crippen LogP contribution is 2.19. The molecule has 8 heteroatoms. The van der Waals surface area contributed by atoms with E-state index < -0.39 is 0 Å². The van der Waals surface area contributed by atoms with Gasteiger partial charge in [0.05, 0.1) is 19.4 Å². The smallest absolute Gasteiger partial charge is 0.239 e. The van der Waals surface area contributed by atoms with Gasteiger partial charge in [-0.05, 0) is 36.4 Å². The summed E-state index contributed by atoms with van der Waals surface area (Å²) in [4.78, 5) is 19.9. The van der Waals surface area contributed by atoms with Gasteiger partial charge in [-0.1, -0.05) is 0 Å². The molecule has 25 heavy (non-hydrogen) atoms. The number of benzene rings is 1. The Kier molecular flexibility index (Phi) is 5.20. The molecule has 0 radical (unpaired) electrons. The van der Waals surface area contributed by atoms with Crippen molar-refractivity contribution < 1.29 is 18.3 Å². The summed E-state index contributed by atoms with van der Waals surface area (Å²) in [7, 11) is 0. The van der Waals surface area contributed by atoms with E-state index in [4.69, 9.17) is 9.15 Å². The standard InChI is InChI=1S/C17H15FN4O3/c18-12-3-5-13(6-4-12)25-16-7-8-19-17(22-16)21-11-15(23)20-10-14-2-1-9-24-14/h1-9H,10-11H2,(H,20,23)(H,19,21,22). The molecule has 2 heterocycles. The first kappa shape index (κ1) is 16.4. The average Bonchev–Trinajstić information content (AvgIpc) is 3.14. The van der Waals surface area contributed by atoms with Gasteiger partial charge in [-0.25, -0.2) is 9.37 Å². The quantitative estimate of drug-likeness (QED) is 0.686. The van der Waals surface area contributed by atoms with Crippen LogP contribution < -0.4 is 15.4 Å². The van der Waals surface area contributed by atoms with Gasteiger partial charge in [0.15, 0.2) is 0 Å². The molecular weight excluding hydrogens is 327 g/mol. The van der Waals surface area contributed by atoms with Crippen molar-refractivity contribution in [3.8, 4) is 11.6 Å². The highest BCUT2D eigenvalue weighted by Gasteiger charge is 2.06. The van der Waals surface area contributed by atoms with E-state index >= 15 is 0 Å². The summed E-state index contributed by atoms with van der Waals surface area (Å²) in [6.45, 7) is 0.308. The summed E-state index contributed by atoms with van der Waals surface area (Å²) >= 11 is 0. The van der Waals surface area contributed by atoms with Crippen molar-refractivity contribution in [1.82, 2.24) is 15.3 Å². The number of carbonyl (C=O) groups is 1. The molecule has 3 rings (SSSR count). The van der Waals surface area contributed by atoms with Crippen LogP contribution in [-0.4, -0.2) is 22.4 Å². The molecule has 0 saturated carbocycles. The van der Waals surface area contributed by atoms with E-state index in [1.165, 1.54) is 30.5 Å². The molecule has 1 amide bonds. The monoisotopic (exact) mass is 342 g/mol. The van der Waals surface area contributed by atoms with Crippen LogP contribution in [-0.2, 0) is 11.3 Å². The predicted octanol–water partition coefficient (Wildman–Crippen LogP) is 2.73. The molecule has 0 saturated heterocycles. The minimum Gasteiger partial charge on any atom is -0.467 e. The number of anilines is 1. The third-order valence-corrected chi connectivity index (χ3v) is 3.11. The van der Waals surface area contributed by atoms with Crippen LogP contribution in [0.15, 0.2) is 59.3 Å². The lowest BCUT2D eigenvalue weighted by molar-refractivity contribution is -0.119. The molecular formula is C17H15FN4O3. The number of furan rings is 1. The van der Waals surface area contributed by atoms with E-state index in [2.05, 4.69) is 20.6 Å². The van der Waals surface area contributed by atoms with Gasteiger partial charge in [0.2, 0.25) is 17.7 Å². The highest BCUT2D eigenvalue weighted by molar-refractivity contribution is 5.80. The molecule has 128 valence electrons. The molecule has 2 N–H and O–H groups in total. The Morgan fingerprint density at radius 2 is 2.04 bits per heavy atom. The normalized spacial score (nSPS) is 10.3. The van der Waals surface area contributed by atoms with Gasteiger partial charge in [-0.3, -0.25) is 4.79 Å². The van der Waals surface area contributed by atoms with Crippen molar-refractivity contribution in [3.05, 3.63) is 66.5 Å². The molecule has 0 fully saturated rings. The van der Waals surface area contributed by atoms with Crippen LogP contribution in [0.1, 0.15) is 5.76 Å². The maximum absolute atomic E-state index is 12.9. The van der Waals surface area contributed by atoms with Gasteiger partial charge in [-0.15, -0.1) is 0 Å². The van der Waals surface area contributed by atoms with Gasteiger partial charge in [0.1, 0.15) is 17.3 Å². The average molecular weight is 342 g/mol. The molecule has 2 aromatic heterocycles.